The molecule has 3 N–H and O–H groups in total. The molecule has 1 aliphatic heterocycles. The van der Waals surface area contributed by atoms with Gasteiger partial charge in [-0.15, -0.1) is 0 Å². The second-order valence-electron chi connectivity index (χ2n) is 7.23. The predicted octanol–water partition coefficient (Wildman–Crippen LogP) is 2.65. The molecule has 0 saturated carbocycles. The van der Waals surface area contributed by atoms with E-state index in [-0.39, 0.29) is 10.5 Å². The number of carbonyl (C=O) groups excluding carboxylic acids is 1. The quantitative estimate of drug-likeness (QED) is 0.637. The number of hydrogen-bond acceptors (Lipinski definition) is 7. The monoisotopic (exact) mass is 446 g/mol. The number of amides is 1. The van der Waals surface area contributed by atoms with Crippen molar-refractivity contribution in [3.05, 3.63) is 47.0 Å². The molecule has 8 nitrogen and oxygen atoms in total. The van der Waals surface area contributed by atoms with E-state index in [0.29, 0.717) is 37.1 Å². The Morgan fingerprint density at radius 1 is 1.20 bits per heavy atom. The van der Waals surface area contributed by atoms with E-state index in [0.717, 1.165) is 21.3 Å². The van der Waals surface area contributed by atoms with Crippen molar-refractivity contribution in [2.75, 3.05) is 36.5 Å². The van der Waals surface area contributed by atoms with Crippen LogP contribution in [0.25, 0.3) is 10.2 Å². The molecule has 0 atom stereocenters. The highest BCUT2D eigenvalue weighted by molar-refractivity contribution is 7.89. The molecule has 1 amide bonds. The number of benzene rings is 2. The standard InChI is InChI=1S/C20H22N4O4S2/c1-12-9-13(2)18-17(10-12)29-20(22-18)23-19(25)15-11-14(30(21,26)27)3-4-16(15)24-5-7-28-8-6-24/h3-4,9-11H,5-8H2,1-2H3,(H2,21,26,27)(H,22,23,25). The van der Waals surface area contributed by atoms with Crippen LogP contribution in [0.4, 0.5) is 10.8 Å². The Balaban J connectivity index is 1.72. The normalized spacial score (nSPS) is 14.8. The number of rotatable bonds is 4. The predicted molar refractivity (Wildman–Crippen MR) is 118 cm³/mol. The Labute approximate surface area is 178 Å². The minimum absolute atomic E-state index is 0.111. The number of hydrogen-bond donors (Lipinski definition) is 2. The summed E-state index contributed by atoms with van der Waals surface area (Å²) in [5, 5.41) is 8.57. The number of nitrogens with zero attached hydrogens (tertiary/aromatic N) is 2. The summed E-state index contributed by atoms with van der Waals surface area (Å²) >= 11 is 1.38. The molecule has 158 valence electrons. The van der Waals surface area contributed by atoms with Crippen LogP contribution >= 0.6 is 11.3 Å². The Bertz CT molecular complexity index is 1230. The van der Waals surface area contributed by atoms with Crippen LogP contribution in [0.2, 0.25) is 0 Å². The van der Waals surface area contributed by atoms with E-state index in [1.165, 1.54) is 23.5 Å². The zero-order valence-corrected chi connectivity index (χ0v) is 18.3. The Morgan fingerprint density at radius 2 is 1.93 bits per heavy atom. The van der Waals surface area contributed by atoms with Gasteiger partial charge in [-0.3, -0.25) is 10.1 Å². The van der Waals surface area contributed by atoms with Crippen molar-refractivity contribution in [1.82, 2.24) is 4.98 Å². The van der Waals surface area contributed by atoms with Gasteiger partial charge < -0.3 is 9.64 Å². The number of fused-ring (bicyclic) bond motifs is 1. The van der Waals surface area contributed by atoms with Crippen LogP contribution in [0.3, 0.4) is 0 Å². The summed E-state index contributed by atoms with van der Waals surface area (Å²) < 4.78 is 30.0. The smallest absolute Gasteiger partial charge is 0.259 e. The summed E-state index contributed by atoms with van der Waals surface area (Å²) in [7, 11) is -3.95. The molecule has 1 fully saturated rings. The average Bonchev–Trinajstić information content (AvgIpc) is 3.10. The molecule has 2 heterocycles. The van der Waals surface area contributed by atoms with Gasteiger partial charge in [-0.2, -0.15) is 0 Å². The number of aromatic nitrogens is 1. The first-order valence-electron chi connectivity index (χ1n) is 9.41. The number of ether oxygens (including phenoxy) is 1. The number of thiazole rings is 1. The van der Waals surface area contributed by atoms with Crippen molar-refractivity contribution in [2.24, 2.45) is 5.14 Å². The minimum atomic E-state index is -3.95. The van der Waals surface area contributed by atoms with Crippen molar-refractivity contribution in [3.63, 3.8) is 0 Å². The third-order valence-electron chi connectivity index (χ3n) is 4.94. The Hall–Kier alpha value is -2.53. The van der Waals surface area contributed by atoms with Gasteiger partial charge in [-0.1, -0.05) is 17.4 Å². The lowest BCUT2D eigenvalue weighted by Gasteiger charge is -2.30. The van der Waals surface area contributed by atoms with E-state index >= 15 is 0 Å². The summed E-state index contributed by atoms with van der Waals surface area (Å²) in [4.78, 5) is 19.6. The van der Waals surface area contributed by atoms with Gasteiger partial charge in [-0.05, 0) is 49.2 Å². The van der Waals surface area contributed by atoms with E-state index in [1.54, 1.807) is 6.07 Å². The van der Waals surface area contributed by atoms with Crippen molar-refractivity contribution >= 4 is 48.3 Å². The van der Waals surface area contributed by atoms with Crippen LogP contribution in [0.5, 0.6) is 0 Å². The van der Waals surface area contributed by atoms with Gasteiger partial charge in [0.25, 0.3) is 5.91 Å². The van der Waals surface area contributed by atoms with Gasteiger partial charge in [0.05, 0.1) is 33.9 Å². The molecular formula is C20H22N4O4S2. The fourth-order valence-electron chi connectivity index (χ4n) is 3.54. The van der Waals surface area contributed by atoms with Gasteiger partial charge >= 0.3 is 0 Å². The number of sulfonamides is 1. The van der Waals surface area contributed by atoms with Gasteiger partial charge in [0.2, 0.25) is 10.0 Å². The van der Waals surface area contributed by atoms with Crippen LogP contribution in [0.15, 0.2) is 35.2 Å². The number of anilines is 2. The van der Waals surface area contributed by atoms with E-state index < -0.39 is 15.9 Å². The van der Waals surface area contributed by atoms with E-state index in [2.05, 4.69) is 10.3 Å². The first kappa shape index (κ1) is 20.7. The highest BCUT2D eigenvalue weighted by Gasteiger charge is 2.22. The lowest BCUT2D eigenvalue weighted by molar-refractivity contribution is 0.102. The van der Waals surface area contributed by atoms with Crippen molar-refractivity contribution in [2.45, 2.75) is 18.7 Å². The first-order valence-corrected chi connectivity index (χ1v) is 11.8. The Morgan fingerprint density at radius 3 is 2.63 bits per heavy atom. The maximum Gasteiger partial charge on any atom is 0.259 e. The summed E-state index contributed by atoms with van der Waals surface area (Å²) in [5.41, 5.74) is 3.86. The SMILES string of the molecule is Cc1cc(C)c2nc(NC(=O)c3cc(S(N)(=O)=O)ccc3N3CCOCC3)sc2c1. The highest BCUT2D eigenvalue weighted by atomic mass is 32.2. The third-order valence-corrected chi connectivity index (χ3v) is 6.77. The molecule has 0 spiro atoms. The van der Waals surface area contributed by atoms with Crippen LogP contribution < -0.4 is 15.4 Å². The topological polar surface area (TPSA) is 115 Å². The number of nitrogens with one attached hydrogen (secondary N) is 1. The number of aryl methyl sites for hydroxylation is 2. The van der Waals surface area contributed by atoms with Crippen molar-refractivity contribution < 1.29 is 17.9 Å². The minimum Gasteiger partial charge on any atom is -0.378 e. The maximum absolute atomic E-state index is 13.1. The number of carbonyl (C=O) groups is 1. The maximum atomic E-state index is 13.1. The second kappa shape index (κ2) is 7.95. The second-order valence-corrected chi connectivity index (χ2v) is 9.82. The molecular weight excluding hydrogens is 424 g/mol. The molecule has 3 aromatic rings. The van der Waals surface area contributed by atoms with Crippen LogP contribution in [0, 0.1) is 13.8 Å². The molecule has 30 heavy (non-hydrogen) atoms. The van der Waals surface area contributed by atoms with Crippen LogP contribution in [-0.2, 0) is 14.8 Å². The molecule has 0 radical (unpaired) electrons. The zero-order chi connectivity index (χ0) is 21.5. The summed E-state index contributed by atoms with van der Waals surface area (Å²) in [6.45, 7) is 6.27. The van der Waals surface area contributed by atoms with Crippen molar-refractivity contribution in [3.8, 4) is 0 Å². The molecule has 1 aliphatic rings. The fraction of sp³-hybridized carbons (Fsp3) is 0.300. The zero-order valence-electron chi connectivity index (χ0n) is 16.6. The Kier molecular flexibility index (Phi) is 5.49. The third kappa shape index (κ3) is 4.17. The molecule has 2 aromatic carbocycles. The lowest BCUT2D eigenvalue weighted by atomic mass is 10.1. The molecule has 10 heteroatoms. The van der Waals surface area contributed by atoms with E-state index in [9.17, 15) is 13.2 Å². The largest absolute Gasteiger partial charge is 0.378 e. The summed E-state index contributed by atoms with van der Waals surface area (Å²) in [6.07, 6.45) is 0. The fourth-order valence-corrected chi connectivity index (χ4v) is 5.12. The van der Waals surface area contributed by atoms with Gasteiger partial charge in [0, 0.05) is 18.8 Å². The average molecular weight is 447 g/mol. The van der Waals surface area contributed by atoms with Crippen LogP contribution in [0.1, 0.15) is 21.5 Å². The van der Waals surface area contributed by atoms with Crippen LogP contribution in [-0.4, -0.2) is 45.6 Å². The molecule has 0 unspecified atom stereocenters. The molecule has 4 rings (SSSR count). The van der Waals surface area contributed by atoms with E-state index in [4.69, 9.17) is 9.88 Å². The number of primary sulfonamides is 1. The highest BCUT2D eigenvalue weighted by Crippen LogP contribution is 2.31. The van der Waals surface area contributed by atoms with E-state index in [1.807, 2.05) is 30.9 Å². The summed E-state index contributed by atoms with van der Waals surface area (Å²) in [6, 6.07) is 8.42. The molecule has 1 saturated heterocycles. The molecule has 0 aliphatic carbocycles. The van der Waals surface area contributed by atoms with Gasteiger partial charge in [0.1, 0.15) is 0 Å². The molecule has 0 bridgehead atoms. The lowest BCUT2D eigenvalue weighted by Crippen LogP contribution is -2.37. The van der Waals surface area contributed by atoms with Crippen molar-refractivity contribution in [1.29, 1.82) is 0 Å². The first-order chi connectivity index (χ1) is 14.2. The van der Waals surface area contributed by atoms with Gasteiger partial charge in [0.15, 0.2) is 5.13 Å². The van der Waals surface area contributed by atoms with Gasteiger partial charge in [-0.25, -0.2) is 18.5 Å². The summed E-state index contributed by atoms with van der Waals surface area (Å²) in [5.74, 6) is -0.435. The number of nitrogens with two attached hydrogens (primary N) is 1. The molecule has 1 aromatic heterocycles. The number of morpholine rings is 1.